The Morgan fingerprint density at radius 1 is 1.40 bits per heavy atom. The van der Waals surface area contributed by atoms with Crippen LogP contribution >= 0.6 is 23.2 Å². The molecule has 7 heteroatoms. The summed E-state index contributed by atoms with van der Waals surface area (Å²) in [7, 11) is 0. The Hall–Kier alpha value is -1.56. The van der Waals surface area contributed by atoms with Gasteiger partial charge in [-0.15, -0.1) is 0 Å². The van der Waals surface area contributed by atoms with E-state index in [9.17, 15) is 14.7 Å². The standard InChI is InChI=1S/C13H13Cl2NO4/c1-13(20,12(18)19)7-16-10(17)6-5-8-3-2-4-9(14)11(8)15/h2-6,20H,7H2,1H3,(H,16,17)(H,18,19). The fourth-order valence-corrected chi connectivity index (χ4v) is 1.58. The van der Waals surface area contributed by atoms with E-state index in [-0.39, 0.29) is 0 Å². The highest BCUT2D eigenvalue weighted by molar-refractivity contribution is 6.42. The van der Waals surface area contributed by atoms with Crippen LogP contribution in [0.4, 0.5) is 0 Å². The lowest BCUT2D eigenvalue weighted by Crippen LogP contribution is -2.46. The Kier molecular flexibility index (Phi) is 5.56. The molecule has 0 radical (unpaired) electrons. The number of hydrogen-bond donors (Lipinski definition) is 3. The summed E-state index contributed by atoms with van der Waals surface area (Å²) in [6, 6.07) is 4.97. The van der Waals surface area contributed by atoms with Gasteiger partial charge in [0.25, 0.3) is 0 Å². The average molecular weight is 318 g/mol. The van der Waals surface area contributed by atoms with Crippen LogP contribution in [0, 0.1) is 0 Å². The van der Waals surface area contributed by atoms with Crippen LogP contribution in [0.3, 0.4) is 0 Å². The van der Waals surface area contributed by atoms with Gasteiger partial charge < -0.3 is 15.5 Å². The van der Waals surface area contributed by atoms with Gasteiger partial charge in [0.05, 0.1) is 16.6 Å². The number of carbonyl (C=O) groups excluding carboxylic acids is 1. The first-order chi connectivity index (χ1) is 9.24. The highest BCUT2D eigenvalue weighted by atomic mass is 35.5. The fourth-order valence-electron chi connectivity index (χ4n) is 1.21. The van der Waals surface area contributed by atoms with Crippen molar-refractivity contribution in [1.29, 1.82) is 0 Å². The number of carboxylic acid groups (broad SMARTS) is 1. The molecule has 1 aromatic carbocycles. The topological polar surface area (TPSA) is 86.6 Å². The molecule has 5 nitrogen and oxygen atoms in total. The first kappa shape index (κ1) is 16.5. The predicted octanol–water partition coefficient (Wildman–Crippen LogP) is 1.96. The molecule has 0 fully saturated rings. The molecule has 0 bridgehead atoms. The maximum atomic E-state index is 11.5. The minimum absolute atomic E-state index is 0.316. The summed E-state index contributed by atoms with van der Waals surface area (Å²) < 4.78 is 0. The highest BCUT2D eigenvalue weighted by Crippen LogP contribution is 2.26. The number of carbonyl (C=O) groups is 2. The maximum Gasteiger partial charge on any atom is 0.337 e. The summed E-state index contributed by atoms with van der Waals surface area (Å²) >= 11 is 11.8. The molecular formula is C13H13Cl2NO4. The van der Waals surface area contributed by atoms with Gasteiger partial charge in [-0.2, -0.15) is 0 Å². The molecule has 0 aromatic heterocycles. The number of carboxylic acids is 1. The van der Waals surface area contributed by atoms with Gasteiger partial charge in [-0.1, -0.05) is 35.3 Å². The highest BCUT2D eigenvalue weighted by Gasteiger charge is 2.29. The van der Waals surface area contributed by atoms with Crippen LogP contribution in [0.15, 0.2) is 24.3 Å². The minimum Gasteiger partial charge on any atom is -0.479 e. The van der Waals surface area contributed by atoms with Gasteiger partial charge in [0.15, 0.2) is 5.60 Å². The van der Waals surface area contributed by atoms with Crippen molar-refractivity contribution in [3.8, 4) is 0 Å². The zero-order valence-electron chi connectivity index (χ0n) is 10.6. The Bertz CT molecular complexity index is 555. The molecule has 1 atom stereocenters. The van der Waals surface area contributed by atoms with Gasteiger partial charge in [0.2, 0.25) is 5.91 Å². The summed E-state index contributed by atoms with van der Waals surface area (Å²) in [5.41, 5.74) is -1.46. The van der Waals surface area contributed by atoms with E-state index in [2.05, 4.69) is 5.32 Å². The van der Waals surface area contributed by atoms with Crippen molar-refractivity contribution in [1.82, 2.24) is 5.32 Å². The third-order valence-corrected chi connectivity index (χ3v) is 3.30. The number of nitrogens with one attached hydrogen (secondary N) is 1. The van der Waals surface area contributed by atoms with Gasteiger partial charge in [-0.05, 0) is 24.6 Å². The monoisotopic (exact) mass is 317 g/mol. The van der Waals surface area contributed by atoms with Crippen molar-refractivity contribution in [2.45, 2.75) is 12.5 Å². The fraction of sp³-hybridized carbons (Fsp3) is 0.231. The number of benzene rings is 1. The Balaban J connectivity index is 2.65. The SMILES string of the molecule is CC(O)(CNC(=O)C=Cc1cccc(Cl)c1Cl)C(=O)O. The van der Waals surface area contributed by atoms with Crippen LogP contribution < -0.4 is 5.32 Å². The Labute approximate surface area is 125 Å². The van der Waals surface area contributed by atoms with Crippen molar-refractivity contribution in [3.05, 3.63) is 39.9 Å². The van der Waals surface area contributed by atoms with E-state index in [0.29, 0.717) is 15.6 Å². The number of hydrogen-bond acceptors (Lipinski definition) is 3. The Morgan fingerprint density at radius 3 is 2.65 bits per heavy atom. The zero-order chi connectivity index (χ0) is 15.3. The number of aliphatic hydroxyl groups is 1. The minimum atomic E-state index is -2.02. The number of halogens is 2. The third kappa shape index (κ3) is 4.52. The summed E-state index contributed by atoms with van der Waals surface area (Å²) in [4.78, 5) is 22.1. The Morgan fingerprint density at radius 2 is 2.05 bits per heavy atom. The second-order valence-corrected chi connectivity index (χ2v) is 5.06. The summed E-state index contributed by atoms with van der Waals surface area (Å²) in [6.07, 6.45) is 2.62. The van der Waals surface area contributed by atoms with E-state index >= 15 is 0 Å². The third-order valence-electron chi connectivity index (χ3n) is 2.46. The number of rotatable bonds is 5. The van der Waals surface area contributed by atoms with Crippen LogP contribution in [0.5, 0.6) is 0 Å². The molecule has 1 unspecified atom stereocenters. The molecule has 108 valence electrons. The van der Waals surface area contributed by atoms with Crippen molar-refractivity contribution < 1.29 is 19.8 Å². The van der Waals surface area contributed by atoms with Gasteiger partial charge in [0, 0.05) is 6.08 Å². The number of aliphatic carboxylic acids is 1. The molecule has 0 heterocycles. The lowest BCUT2D eigenvalue weighted by molar-refractivity contribution is -0.156. The van der Waals surface area contributed by atoms with E-state index in [0.717, 1.165) is 6.92 Å². The first-order valence-corrected chi connectivity index (χ1v) is 6.35. The van der Waals surface area contributed by atoms with E-state index in [4.69, 9.17) is 28.3 Å². The summed E-state index contributed by atoms with van der Waals surface area (Å²) in [6.45, 7) is 0.682. The van der Waals surface area contributed by atoms with Crippen LogP contribution in [-0.2, 0) is 9.59 Å². The molecule has 1 rings (SSSR count). The van der Waals surface area contributed by atoms with Crippen LogP contribution in [0.1, 0.15) is 12.5 Å². The molecule has 0 aliphatic heterocycles. The van der Waals surface area contributed by atoms with E-state index in [1.807, 2.05) is 0 Å². The van der Waals surface area contributed by atoms with Gasteiger partial charge >= 0.3 is 5.97 Å². The summed E-state index contributed by atoms with van der Waals surface area (Å²) in [5, 5.41) is 21.1. The smallest absolute Gasteiger partial charge is 0.337 e. The largest absolute Gasteiger partial charge is 0.479 e. The predicted molar refractivity (Wildman–Crippen MR) is 76.8 cm³/mol. The second-order valence-electron chi connectivity index (χ2n) is 4.27. The quantitative estimate of drug-likeness (QED) is 0.724. The lowest BCUT2D eigenvalue weighted by Gasteiger charge is -2.17. The molecule has 0 aliphatic rings. The van der Waals surface area contributed by atoms with Crippen LogP contribution in [-0.4, -0.2) is 34.2 Å². The maximum absolute atomic E-state index is 11.5. The van der Waals surface area contributed by atoms with E-state index < -0.39 is 24.0 Å². The van der Waals surface area contributed by atoms with Crippen LogP contribution in [0.25, 0.3) is 6.08 Å². The first-order valence-electron chi connectivity index (χ1n) is 5.60. The molecule has 1 aromatic rings. The molecule has 3 N–H and O–H groups in total. The van der Waals surface area contributed by atoms with Gasteiger partial charge in [-0.3, -0.25) is 4.79 Å². The molecule has 1 amide bonds. The zero-order valence-corrected chi connectivity index (χ0v) is 12.1. The molecule has 0 saturated carbocycles. The molecule has 0 aliphatic carbocycles. The molecule has 20 heavy (non-hydrogen) atoms. The van der Waals surface area contributed by atoms with Gasteiger partial charge in [-0.25, -0.2) is 4.79 Å². The van der Waals surface area contributed by atoms with Crippen molar-refractivity contribution in [3.63, 3.8) is 0 Å². The normalized spacial score (nSPS) is 14.0. The summed E-state index contributed by atoms with van der Waals surface area (Å²) in [5.74, 6) is -1.97. The number of amides is 1. The molecule has 0 spiro atoms. The van der Waals surface area contributed by atoms with Crippen molar-refractivity contribution in [2.24, 2.45) is 0 Å². The van der Waals surface area contributed by atoms with E-state index in [1.165, 1.54) is 12.2 Å². The molecular weight excluding hydrogens is 305 g/mol. The van der Waals surface area contributed by atoms with Crippen LogP contribution in [0.2, 0.25) is 10.0 Å². The van der Waals surface area contributed by atoms with E-state index in [1.54, 1.807) is 18.2 Å². The molecule has 0 saturated heterocycles. The van der Waals surface area contributed by atoms with Gasteiger partial charge in [0.1, 0.15) is 0 Å². The lowest BCUT2D eigenvalue weighted by atomic mass is 10.1. The second kappa shape index (κ2) is 6.74. The average Bonchev–Trinajstić information content (AvgIpc) is 2.38. The van der Waals surface area contributed by atoms with Crippen molar-refractivity contribution >= 4 is 41.2 Å². The van der Waals surface area contributed by atoms with Crippen molar-refractivity contribution in [2.75, 3.05) is 6.54 Å².